The molecule has 28 heavy (non-hydrogen) atoms. The Bertz CT molecular complexity index is 1020. The van der Waals surface area contributed by atoms with Crippen LogP contribution in [0.4, 0.5) is 13.9 Å². The molecule has 8 heteroatoms. The smallest absolute Gasteiger partial charge is 0.255 e. The largest absolute Gasteiger partial charge is 0.493 e. The summed E-state index contributed by atoms with van der Waals surface area (Å²) in [6, 6.07) is 8.65. The molecular weight excluding hydrogens is 384 g/mol. The molecule has 1 heterocycles. The summed E-state index contributed by atoms with van der Waals surface area (Å²) in [7, 11) is 1.34. The molecule has 0 aliphatic heterocycles. The van der Waals surface area contributed by atoms with E-state index >= 15 is 0 Å². The molecule has 0 radical (unpaired) electrons. The lowest BCUT2D eigenvalue weighted by atomic mass is 10.1. The van der Waals surface area contributed by atoms with Gasteiger partial charge in [-0.15, -0.1) is 0 Å². The van der Waals surface area contributed by atoms with Crippen LogP contribution >= 0.6 is 11.3 Å². The van der Waals surface area contributed by atoms with Crippen LogP contribution in [0.2, 0.25) is 0 Å². The first-order valence-electron chi connectivity index (χ1n) is 9.01. The molecule has 1 aliphatic rings. The van der Waals surface area contributed by atoms with Crippen LogP contribution in [0.3, 0.4) is 0 Å². The summed E-state index contributed by atoms with van der Waals surface area (Å²) in [6.45, 7) is 0. The number of carbonyl (C=O) groups is 1. The van der Waals surface area contributed by atoms with Crippen LogP contribution < -0.4 is 15.4 Å². The third-order valence-electron chi connectivity index (χ3n) is 4.91. The van der Waals surface area contributed by atoms with Gasteiger partial charge in [-0.1, -0.05) is 17.4 Å². The van der Waals surface area contributed by atoms with Gasteiger partial charge in [0.15, 0.2) is 16.7 Å². The molecular formula is C20H19F2N3O2S. The number of nitrogens with zero attached hydrogens (tertiary/aromatic N) is 1. The lowest BCUT2D eigenvalue weighted by molar-refractivity contribution is 0.0932. The number of rotatable bonds is 5. The second-order valence-electron chi connectivity index (χ2n) is 6.71. The normalized spacial score (nSPS) is 19.0. The maximum Gasteiger partial charge on any atom is 0.255 e. The van der Waals surface area contributed by atoms with Crippen molar-refractivity contribution in [3.63, 3.8) is 0 Å². The summed E-state index contributed by atoms with van der Waals surface area (Å²) in [4.78, 5) is 17.2. The number of benzene rings is 2. The first-order valence-corrected chi connectivity index (χ1v) is 9.83. The molecule has 1 fully saturated rings. The fourth-order valence-corrected chi connectivity index (χ4v) is 4.52. The van der Waals surface area contributed by atoms with E-state index in [-0.39, 0.29) is 35.1 Å². The third-order valence-corrected chi connectivity index (χ3v) is 5.86. The van der Waals surface area contributed by atoms with Gasteiger partial charge in [0, 0.05) is 12.1 Å². The highest BCUT2D eigenvalue weighted by Gasteiger charge is 2.30. The van der Waals surface area contributed by atoms with E-state index in [9.17, 15) is 13.6 Å². The van der Waals surface area contributed by atoms with Gasteiger partial charge in [-0.2, -0.15) is 0 Å². The van der Waals surface area contributed by atoms with Crippen molar-refractivity contribution in [1.82, 2.24) is 10.3 Å². The van der Waals surface area contributed by atoms with E-state index in [1.165, 1.54) is 48.8 Å². The molecule has 1 saturated carbocycles. The van der Waals surface area contributed by atoms with Crippen molar-refractivity contribution in [2.24, 2.45) is 0 Å². The molecule has 2 N–H and O–H groups in total. The van der Waals surface area contributed by atoms with Crippen LogP contribution in [-0.2, 0) is 0 Å². The molecule has 0 unspecified atom stereocenters. The zero-order valence-corrected chi connectivity index (χ0v) is 16.0. The summed E-state index contributed by atoms with van der Waals surface area (Å²) in [6.07, 6.45) is 2.62. The zero-order valence-electron chi connectivity index (χ0n) is 15.2. The number of ether oxygens (including phenoxy) is 1. The lowest BCUT2D eigenvalue weighted by Crippen LogP contribution is -2.43. The van der Waals surface area contributed by atoms with Crippen molar-refractivity contribution < 1.29 is 18.3 Å². The maximum absolute atomic E-state index is 13.9. The Morgan fingerprint density at radius 2 is 2.04 bits per heavy atom. The van der Waals surface area contributed by atoms with E-state index in [2.05, 4.69) is 15.6 Å². The van der Waals surface area contributed by atoms with Gasteiger partial charge in [0.2, 0.25) is 0 Å². The standard InChI is InChI=1S/C20H19F2N3O2S/c1-27-18-12(4-2-5-13(18)22)19(26)23-14-6-3-7-15(14)24-20-25-16-9-8-11(21)10-17(16)28-20/h2,4-5,8-10,14-15H,3,6-7H2,1H3,(H,23,26)(H,24,25)/t14-,15-/m1/s1. The van der Waals surface area contributed by atoms with Gasteiger partial charge in [0.25, 0.3) is 5.91 Å². The highest BCUT2D eigenvalue weighted by molar-refractivity contribution is 7.22. The molecule has 5 nitrogen and oxygen atoms in total. The lowest BCUT2D eigenvalue weighted by Gasteiger charge is -2.22. The van der Waals surface area contributed by atoms with Crippen molar-refractivity contribution in [3.8, 4) is 5.75 Å². The topological polar surface area (TPSA) is 63.2 Å². The molecule has 1 aromatic heterocycles. The summed E-state index contributed by atoms with van der Waals surface area (Å²) in [5, 5.41) is 7.03. The van der Waals surface area contributed by atoms with Crippen molar-refractivity contribution in [2.75, 3.05) is 12.4 Å². The van der Waals surface area contributed by atoms with Gasteiger partial charge in [0.05, 0.1) is 22.9 Å². The second kappa shape index (κ2) is 7.71. The Balaban J connectivity index is 1.49. The number of nitrogens with one attached hydrogen (secondary N) is 2. The fourth-order valence-electron chi connectivity index (χ4n) is 3.57. The summed E-state index contributed by atoms with van der Waals surface area (Å²) < 4.78 is 33.1. The molecule has 1 aliphatic carbocycles. The summed E-state index contributed by atoms with van der Waals surface area (Å²) >= 11 is 1.38. The van der Waals surface area contributed by atoms with Gasteiger partial charge in [0.1, 0.15) is 5.82 Å². The fraction of sp³-hybridized carbons (Fsp3) is 0.300. The number of fused-ring (bicyclic) bond motifs is 1. The van der Waals surface area contributed by atoms with Crippen LogP contribution in [-0.4, -0.2) is 30.1 Å². The van der Waals surface area contributed by atoms with E-state index in [0.29, 0.717) is 5.13 Å². The van der Waals surface area contributed by atoms with E-state index < -0.39 is 5.82 Å². The summed E-state index contributed by atoms with van der Waals surface area (Å²) in [5.74, 6) is -1.30. The minimum atomic E-state index is -0.571. The van der Waals surface area contributed by atoms with Gasteiger partial charge in [-0.25, -0.2) is 13.8 Å². The second-order valence-corrected chi connectivity index (χ2v) is 7.74. The molecule has 2 aromatic carbocycles. The average Bonchev–Trinajstić information content (AvgIpc) is 3.27. The predicted octanol–water partition coefficient (Wildman–Crippen LogP) is 4.35. The van der Waals surface area contributed by atoms with Crippen molar-refractivity contribution in [2.45, 2.75) is 31.3 Å². The number of hydrogen-bond donors (Lipinski definition) is 2. The van der Waals surface area contributed by atoms with Crippen molar-refractivity contribution in [1.29, 1.82) is 0 Å². The van der Waals surface area contributed by atoms with Crippen LogP contribution in [0.1, 0.15) is 29.6 Å². The molecule has 0 spiro atoms. The number of thiazole rings is 1. The number of para-hydroxylation sites is 1. The van der Waals surface area contributed by atoms with Crippen molar-refractivity contribution >= 4 is 32.6 Å². The molecule has 146 valence electrons. The molecule has 2 atom stereocenters. The Morgan fingerprint density at radius 1 is 1.21 bits per heavy atom. The first kappa shape index (κ1) is 18.6. The van der Waals surface area contributed by atoms with Gasteiger partial charge in [-0.05, 0) is 49.6 Å². The number of anilines is 1. The minimum absolute atomic E-state index is 0.00564. The number of aromatic nitrogens is 1. The molecule has 3 aromatic rings. The predicted molar refractivity (Wildman–Crippen MR) is 105 cm³/mol. The molecule has 4 rings (SSSR count). The molecule has 0 saturated heterocycles. The van der Waals surface area contributed by atoms with Gasteiger partial charge < -0.3 is 15.4 Å². The van der Waals surface area contributed by atoms with Crippen LogP contribution in [0.5, 0.6) is 5.75 Å². The highest BCUT2D eigenvalue weighted by Crippen LogP contribution is 2.30. The minimum Gasteiger partial charge on any atom is -0.493 e. The number of halogens is 2. The van der Waals surface area contributed by atoms with Crippen molar-refractivity contribution in [3.05, 3.63) is 53.6 Å². The monoisotopic (exact) mass is 403 g/mol. The zero-order chi connectivity index (χ0) is 19.7. The number of carbonyl (C=O) groups excluding carboxylic acids is 1. The quantitative estimate of drug-likeness (QED) is 0.665. The number of hydrogen-bond acceptors (Lipinski definition) is 5. The van der Waals surface area contributed by atoms with Crippen LogP contribution in [0.15, 0.2) is 36.4 Å². The number of methoxy groups -OCH3 is 1. The Morgan fingerprint density at radius 3 is 2.86 bits per heavy atom. The Kier molecular flexibility index (Phi) is 5.13. The Hall–Kier alpha value is -2.74. The Labute approximate surface area is 164 Å². The first-order chi connectivity index (χ1) is 13.5. The van der Waals surface area contributed by atoms with E-state index in [4.69, 9.17) is 4.74 Å². The van der Waals surface area contributed by atoms with E-state index in [1.54, 1.807) is 6.07 Å². The van der Waals surface area contributed by atoms with Crippen LogP contribution in [0, 0.1) is 11.6 Å². The average molecular weight is 403 g/mol. The molecule has 0 bridgehead atoms. The van der Waals surface area contributed by atoms with E-state index in [1.807, 2.05) is 0 Å². The SMILES string of the molecule is COc1c(F)cccc1C(=O)N[C@@H]1CCC[C@H]1Nc1nc2ccc(F)cc2s1. The summed E-state index contributed by atoms with van der Waals surface area (Å²) in [5.41, 5.74) is 0.903. The third kappa shape index (κ3) is 3.64. The number of amides is 1. The highest BCUT2D eigenvalue weighted by atomic mass is 32.1. The molecule has 1 amide bonds. The van der Waals surface area contributed by atoms with E-state index in [0.717, 1.165) is 29.5 Å². The van der Waals surface area contributed by atoms with Gasteiger partial charge in [-0.3, -0.25) is 4.79 Å². The van der Waals surface area contributed by atoms with Gasteiger partial charge >= 0.3 is 0 Å². The van der Waals surface area contributed by atoms with Crippen LogP contribution in [0.25, 0.3) is 10.2 Å². The maximum atomic E-state index is 13.9.